The maximum Gasteiger partial charge on any atom is 0.233 e. The van der Waals surface area contributed by atoms with E-state index in [1.54, 1.807) is 7.11 Å². The number of ether oxygens (including phenoxy) is 1. The van der Waals surface area contributed by atoms with E-state index < -0.39 is 0 Å². The van der Waals surface area contributed by atoms with Gasteiger partial charge in [-0.25, -0.2) is 0 Å². The van der Waals surface area contributed by atoms with Gasteiger partial charge in [0.1, 0.15) is 0 Å². The molecule has 2 rings (SSSR count). The van der Waals surface area contributed by atoms with Gasteiger partial charge in [0.2, 0.25) is 5.88 Å². The highest BCUT2D eigenvalue weighted by Crippen LogP contribution is 2.17. The van der Waals surface area contributed by atoms with Crippen molar-refractivity contribution < 1.29 is 4.74 Å². The van der Waals surface area contributed by atoms with E-state index in [1.165, 1.54) is 12.8 Å². The van der Waals surface area contributed by atoms with Crippen LogP contribution < -0.4 is 15.0 Å². The Balaban J connectivity index is 1.91. The predicted molar refractivity (Wildman–Crippen MR) is 67.4 cm³/mol. The second kappa shape index (κ2) is 5.82. The average Bonchev–Trinajstić information content (AvgIpc) is 2.40. The Kier molecular flexibility index (Phi) is 4.14. The summed E-state index contributed by atoms with van der Waals surface area (Å²) in [6, 6.07) is 3.80. The smallest absolute Gasteiger partial charge is 0.233 e. The number of nitrogens with zero attached hydrogens (tertiary/aromatic N) is 3. The largest absolute Gasteiger partial charge is 0.480 e. The summed E-state index contributed by atoms with van der Waals surface area (Å²) in [5.41, 5.74) is 0. The molecule has 1 fully saturated rings. The molecule has 2 heterocycles. The Morgan fingerprint density at radius 3 is 2.71 bits per heavy atom. The van der Waals surface area contributed by atoms with E-state index in [1.807, 2.05) is 12.1 Å². The molecule has 94 valence electrons. The average molecular weight is 236 g/mol. The van der Waals surface area contributed by atoms with E-state index in [4.69, 9.17) is 4.74 Å². The first-order chi connectivity index (χ1) is 8.29. The number of methoxy groups -OCH3 is 1. The molecule has 0 amide bonds. The van der Waals surface area contributed by atoms with Gasteiger partial charge in [0.25, 0.3) is 0 Å². The molecular formula is C12H20N4O. The number of hydrogen-bond acceptors (Lipinski definition) is 5. The zero-order chi connectivity index (χ0) is 12.1. The van der Waals surface area contributed by atoms with Crippen LogP contribution >= 0.6 is 0 Å². The summed E-state index contributed by atoms with van der Waals surface area (Å²) in [5, 5.41) is 11.5. The lowest BCUT2D eigenvalue weighted by molar-refractivity contribution is 0.376. The lowest BCUT2D eigenvalue weighted by atomic mass is 9.98. The molecule has 1 N–H and O–H groups in total. The number of piperidine rings is 1. The quantitative estimate of drug-likeness (QED) is 0.842. The van der Waals surface area contributed by atoms with Crippen molar-refractivity contribution >= 4 is 5.82 Å². The standard InChI is InChI=1S/C12H20N4O/c1-16(9-10-5-7-13-8-6-10)11-3-4-12(17-2)15-14-11/h3-4,10,13H,5-9H2,1-2H3. The van der Waals surface area contributed by atoms with Crippen LogP contribution in [0.5, 0.6) is 5.88 Å². The Morgan fingerprint density at radius 1 is 1.35 bits per heavy atom. The molecular weight excluding hydrogens is 216 g/mol. The van der Waals surface area contributed by atoms with Crippen molar-refractivity contribution in [2.24, 2.45) is 5.92 Å². The molecule has 0 unspecified atom stereocenters. The van der Waals surface area contributed by atoms with Crippen molar-refractivity contribution in [2.75, 3.05) is 38.7 Å². The van der Waals surface area contributed by atoms with Crippen molar-refractivity contribution in [3.63, 3.8) is 0 Å². The Bertz CT molecular complexity index is 335. The summed E-state index contributed by atoms with van der Waals surface area (Å²) in [6.07, 6.45) is 2.49. The van der Waals surface area contributed by atoms with Crippen LogP contribution in [0, 0.1) is 5.92 Å². The molecule has 1 aromatic heterocycles. The van der Waals surface area contributed by atoms with Gasteiger partial charge in [-0.15, -0.1) is 10.2 Å². The van der Waals surface area contributed by atoms with Gasteiger partial charge in [-0.3, -0.25) is 0 Å². The van der Waals surface area contributed by atoms with Crippen LogP contribution in [0.2, 0.25) is 0 Å². The maximum absolute atomic E-state index is 5.00. The highest BCUT2D eigenvalue weighted by atomic mass is 16.5. The first-order valence-electron chi connectivity index (χ1n) is 6.09. The highest BCUT2D eigenvalue weighted by molar-refractivity contribution is 5.37. The lowest BCUT2D eigenvalue weighted by Gasteiger charge is -2.27. The first kappa shape index (κ1) is 12.1. The third-order valence-electron chi connectivity index (χ3n) is 3.22. The first-order valence-corrected chi connectivity index (χ1v) is 6.09. The van der Waals surface area contributed by atoms with Gasteiger partial charge in [0.15, 0.2) is 5.82 Å². The predicted octanol–water partition coefficient (Wildman–Crippen LogP) is 0.921. The molecule has 1 aliphatic heterocycles. The molecule has 0 radical (unpaired) electrons. The van der Waals surface area contributed by atoms with Gasteiger partial charge in [-0.2, -0.15) is 0 Å². The third-order valence-corrected chi connectivity index (χ3v) is 3.22. The van der Waals surface area contributed by atoms with Crippen LogP contribution in [0.15, 0.2) is 12.1 Å². The van der Waals surface area contributed by atoms with E-state index in [9.17, 15) is 0 Å². The SMILES string of the molecule is COc1ccc(N(C)CC2CCNCC2)nn1. The van der Waals surface area contributed by atoms with Crippen LogP contribution in [-0.4, -0.2) is 44.0 Å². The summed E-state index contributed by atoms with van der Waals surface area (Å²) >= 11 is 0. The number of aromatic nitrogens is 2. The molecule has 0 spiro atoms. The van der Waals surface area contributed by atoms with E-state index >= 15 is 0 Å². The molecule has 0 saturated carbocycles. The van der Waals surface area contributed by atoms with E-state index in [-0.39, 0.29) is 0 Å². The fourth-order valence-corrected chi connectivity index (χ4v) is 2.17. The summed E-state index contributed by atoms with van der Waals surface area (Å²) in [4.78, 5) is 2.17. The second-order valence-electron chi connectivity index (χ2n) is 4.51. The van der Waals surface area contributed by atoms with Crippen molar-refractivity contribution in [3.05, 3.63) is 12.1 Å². The minimum Gasteiger partial charge on any atom is -0.480 e. The van der Waals surface area contributed by atoms with Gasteiger partial charge in [-0.1, -0.05) is 0 Å². The Labute approximate surface area is 102 Å². The van der Waals surface area contributed by atoms with Crippen LogP contribution in [0.1, 0.15) is 12.8 Å². The topological polar surface area (TPSA) is 50.3 Å². The Morgan fingerprint density at radius 2 is 2.12 bits per heavy atom. The molecule has 5 heteroatoms. The normalized spacial score (nSPS) is 16.8. The van der Waals surface area contributed by atoms with Gasteiger partial charge in [-0.05, 0) is 37.9 Å². The van der Waals surface area contributed by atoms with Crippen molar-refractivity contribution in [2.45, 2.75) is 12.8 Å². The number of hydrogen-bond donors (Lipinski definition) is 1. The summed E-state index contributed by atoms with van der Waals surface area (Å²) in [7, 11) is 3.67. The van der Waals surface area contributed by atoms with Crippen molar-refractivity contribution in [1.29, 1.82) is 0 Å². The molecule has 1 aromatic rings. The molecule has 0 aliphatic carbocycles. The zero-order valence-electron chi connectivity index (χ0n) is 10.5. The summed E-state index contributed by atoms with van der Waals surface area (Å²) < 4.78 is 5.00. The molecule has 0 atom stereocenters. The van der Waals surface area contributed by atoms with Crippen LogP contribution in [0.3, 0.4) is 0 Å². The number of nitrogens with one attached hydrogen (secondary N) is 1. The van der Waals surface area contributed by atoms with Gasteiger partial charge in [0.05, 0.1) is 7.11 Å². The van der Waals surface area contributed by atoms with Crippen LogP contribution in [0.4, 0.5) is 5.82 Å². The fourth-order valence-electron chi connectivity index (χ4n) is 2.17. The van der Waals surface area contributed by atoms with Gasteiger partial charge >= 0.3 is 0 Å². The van der Waals surface area contributed by atoms with E-state index in [2.05, 4.69) is 27.5 Å². The summed E-state index contributed by atoms with van der Waals surface area (Å²) in [6.45, 7) is 3.31. The van der Waals surface area contributed by atoms with Crippen molar-refractivity contribution in [1.82, 2.24) is 15.5 Å². The van der Waals surface area contributed by atoms with Gasteiger partial charge in [0, 0.05) is 19.7 Å². The maximum atomic E-state index is 5.00. The monoisotopic (exact) mass is 236 g/mol. The fraction of sp³-hybridized carbons (Fsp3) is 0.667. The van der Waals surface area contributed by atoms with Gasteiger partial charge < -0.3 is 15.0 Å². The molecule has 5 nitrogen and oxygen atoms in total. The van der Waals surface area contributed by atoms with Crippen LogP contribution in [0.25, 0.3) is 0 Å². The van der Waals surface area contributed by atoms with E-state index in [0.717, 1.165) is 31.4 Å². The third kappa shape index (κ3) is 3.30. The van der Waals surface area contributed by atoms with E-state index in [0.29, 0.717) is 5.88 Å². The molecule has 1 aliphatic rings. The second-order valence-corrected chi connectivity index (χ2v) is 4.51. The Hall–Kier alpha value is -1.36. The lowest BCUT2D eigenvalue weighted by Crippen LogP contribution is -2.34. The minimum absolute atomic E-state index is 0.559. The van der Waals surface area contributed by atoms with Crippen LogP contribution in [-0.2, 0) is 0 Å². The molecule has 1 saturated heterocycles. The minimum atomic E-state index is 0.559. The number of anilines is 1. The van der Waals surface area contributed by atoms with Crippen molar-refractivity contribution in [3.8, 4) is 5.88 Å². The summed E-state index contributed by atoms with van der Waals surface area (Å²) in [5.74, 6) is 2.22. The highest BCUT2D eigenvalue weighted by Gasteiger charge is 2.15. The zero-order valence-corrected chi connectivity index (χ0v) is 10.5. The number of rotatable bonds is 4. The molecule has 0 aromatic carbocycles. The molecule has 17 heavy (non-hydrogen) atoms. The molecule has 0 bridgehead atoms.